The zero-order valence-electron chi connectivity index (χ0n) is 10.3. The van der Waals surface area contributed by atoms with Crippen LogP contribution < -0.4 is 10.6 Å². The van der Waals surface area contributed by atoms with E-state index >= 15 is 0 Å². The van der Waals surface area contributed by atoms with Crippen LogP contribution in [0.5, 0.6) is 0 Å². The zero-order chi connectivity index (χ0) is 12.8. The molecule has 0 saturated heterocycles. The second-order valence-corrected chi connectivity index (χ2v) is 4.60. The molecule has 1 rings (SSSR count). The molecule has 0 aromatic carbocycles. The maximum atomic E-state index is 11.5. The van der Waals surface area contributed by atoms with Crippen LogP contribution in [-0.4, -0.2) is 35.6 Å². The van der Waals surface area contributed by atoms with Crippen LogP contribution >= 0.6 is 0 Å². The Balaban J connectivity index is 2.20. The van der Waals surface area contributed by atoms with E-state index in [9.17, 15) is 9.59 Å². The van der Waals surface area contributed by atoms with Gasteiger partial charge >= 0.3 is 5.97 Å². The predicted molar refractivity (Wildman–Crippen MR) is 64.6 cm³/mol. The van der Waals surface area contributed by atoms with Gasteiger partial charge in [0, 0.05) is 25.0 Å². The second-order valence-electron chi connectivity index (χ2n) is 4.60. The van der Waals surface area contributed by atoms with E-state index in [0.29, 0.717) is 25.4 Å². The first-order chi connectivity index (χ1) is 7.99. The molecule has 1 amide bonds. The van der Waals surface area contributed by atoms with Gasteiger partial charge in [0.05, 0.1) is 5.92 Å². The third-order valence-electron chi connectivity index (χ3n) is 2.65. The molecule has 3 N–H and O–H groups in total. The molecule has 1 aliphatic carbocycles. The molecular formula is C12H20N2O3. The number of nitrogens with one attached hydrogen (secondary N) is 2. The van der Waals surface area contributed by atoms with Crippen molar-refractivity contribution < 1.29 is 14.7 Å². The first-order valence-corrected chi connectivity index (χ1v) is 5.93. The van der Waals surface area contributed by atoms with Crippen molar-refractivity contribution in [2.75, 3.05) is 6.54 Å². The van der Waals surface area contributed by atoms with Crippen LogP contribution in [0.25, 0.3) is 0 Å². The van der Waals surface area contributed by atoms with E-state index in [2.05, 4.69) is 10.6 Å². The first-order valence-electron chi connectivity index (χ1n) is 5.93. The molecule has 0 heterocycles. The number of hydrogen-bond acceptors (Lipinski definition) is 3. The SMILES string of the molecule is CC(C)NCCC(=O)NC1C=CC(C(=O)O)C1. The minimum atomic E-state index is -0.834. The average Bonchev–Trinajstić information content (AvgIpc) is 2.65. The predicted octanol–water partition coefficient (Wildman–Crippen LogP) is 0.520. The normalized spacial score (nSPS) is 23.0. The first kappa shape index (κ1) is 13.7. The van der Waals surface area contributed by atoms with Crippen LogP contribution in [0.15, 0.2) is 12.2 Å². The van der Waals surface area contributed by atoms with Crippen LogP contribution in [0, 0.1) is 5.92 Å². The van der Waals surface area contributed by atoms with Crippen molar-refractivity contribution in [2.45, 2.75) is 38.8 Å². The summed E-state index contributed by atoms with van der Waals surface area (Å²) < 4.78 is 0. The number of carboxylic acids is 1. The molecule has 0 aromatic rings. The number of carbonyl (C=O) groups excluding carboxylic acids is 1. The Morgan fingerprint density at radius 1 is 1.41 bits per heavy atom. The molecule has 1 aliphatic rings. The van der Waals surface area contributed by atoms with Crippen LogP contribution in [0.3, 0.4) is 0 Å². The highest BCUT2D eigenvalue weighted by molar-refractivity contribution is 5.77. The van der Waals surface area contributed by atoms with Gasteiger partial charge in [0.15, 0.2) is 0 Å². The lowest BCUT2D eigenvalue weighted by Gasteiger charge is -2.13. The minimum Gasteiger partial charge on any atom is -0.481 e. The topological polar surface area (TPSA) is 78.4 Å². The van der Waals surface area contributed by atoms with Gasteiger partial charge in [-0.15, -0.1) is 0 Å². The molecule has 0 aliphatic heterocycles. The number of carboxylic acid groups (broad SMARTS) is 1. The van der Waals surface area contributed by atoms with Crippen LogP contribution in [0.1, 0.15) is 26.7 Å². The van der Waals surface area contributed by atoms with E-state index in [-0.39, 0.29) is 11.9 Å². The summed E-state index contributed by atoms with van der Waals surface area (Å²) in [4.78, 5) is 22.2. The number of amides is 1. The Morgan fingerprint density at radius 3 is 2.65 bits per heavy atom. The summed E-state index contributed by atoms with van der Waals surface area (Å²) in [5, 5.41) is 14.8. The summed E-state index contributed by atoms with van der Waals surface area (Å²) in [7, 11) is 0. The fourth-order valence-electron chi connectivity index (χ4n) is 1.74. The van der Waals surface area contributed by atoms with Gasteiger partial charge in [0.2, 0.25) is 5.91 Å². The fraction of sp³-hybridized carbons (Fsp3) is 0.667. The number of hydrogen-bond donors (Lipinski definition) is 3. The van der Waals surface area contributed by atoms with Crippen molar-refractivity contribution in [3.63, 3.8) is 0 Å². The van der Waals surface area contributed by atoms with E-state index in [1.165, 1.54) is 0 Å². The monoisotopic (exact) mass is 240 g/mol. The van der Waals surface area contributed by atoms with Gasteiger partial charge in [-0.1, -0.05) is 26.0 Å². The Kier molecular flexibility index (Phi) is 5.15. The summed E-state index contributed by atoms with van der Waals surface area (Å²) in [6.07, 6.45) is 4.27. The minimum absolute atomic E-state index is 0.0427. The average molecular weight is 240 g/mol. The number of carbonyl (C=O) groups is 2. The Bertz CT molecular complexity index is 313. The van der Waals surface area contributed by atoms with E-state index < -0.39 is 11.9 Å². The quantitative estimate of drug-likeness (QED) is 0.591. The van der Waals surface area contributed by atoms with Gasteiger partial charge in [-0.25, -0.2) is 0 Å². The van der Waals surface area contributed by atoms with Crippen molar-refractivity contribution in [1.29, 1.82) is 0 Å². The van der Waals surface area contributed by atoms with Gasteiger partial charge in [-0.05, 0) is 6.42 Å². The highest BCUT2D eigenvalue weighted by Crippen LogP contribution is 2.17. The maximum absolute atomic E-state index is 11.5. The molecule has 0 bridgehead atoms. The van der Waals surface area contributed by atoms with Gasteiger partial charge in [-0.2, -0.15) is 0 Å². The van der Waals surface area contributed by atoms with Crippen LogP contribution in [0.4, 0.5) is 0 Å². The second kappa shape index (κ2) is 6.39. The lowest BCUT2D eigenvalue weighted by Crippen LogP contribution is -2.36. The Morgan fingerprint density at radius 2 is 2.12 bits per heavy atom. The van der Waals surface area contributed by atoms with E-state index in [0.717, 1.165) is 0 Å². The molecule has 0 saturated carbocycles. The molecule has 0 radical (unpaired) electrons. The molecule has 2 atom stereocenters. The molecule has 0 spiro atoms. The van der Waals surface area contributed by atoms with Gasteiger partial charge in [0.25, 0.3) is 0 Å². The summed E-state index contributed by atoms with van der Waals surface area (Å²) >= 11 is 0. The zero-order valence-corrected chi connectivity index (χ0v) is 10.3. The molecular weight excluding hydrogens is 220 g/mol. The van der Waals surface area contributed by atoms with Crippen molar-refractivity contribution in [2.24, 2.45) is 5.92 Å². The summed E-state index contributed by atoms with van der Waals surface area (Å²) in [5.41, 5.74) is 0. The number of aliphatic carboxylic acids is 1. The van der Waals surface area contributed by atoms with Crippen molar-refractivity contribution in [3.05, 3.63) is 12.2 Å². The summed E-state index contributed by atoms with van der Waals surface area (Å²) in [6.45, 7) is 4.69. The Labute approximate surface area is 101 Å². The van der Waals surface area contributed by atoms with Gasteiger partial charge < -0.3 is 15.7 Å². The standard InChI is InChI=1S/C12H20N2O3/c1-8(2)13-6-5-11(15)14-10-4-3-9(7-10)12(16)17/h3-4,8-10,13H,5-7H2,1-2H3,(H,14,15)(H,16,17). The molecule has 2 unspecified atom stereocenters. The van der Waals surface area contributed by atoms with Gasteiger partial charge in [0.1, 0.15) is 0 Å². The molecule has 5 nitrogen and oxygen atoms in total. The van der Waals surface area contributed by atoms with Crippen LogP contribution in [-0.2, 0) is 9.59 Å². The van der Waals surface area contributed by atoms with E-state index in [4.69, 9.17) is 5.11 Å². The third-order valence-corrected chi connectivity index (χ3v) is 2.65. The van der Waals surface area contributed by atoms with Crippen molar-refractivity contribution in [3.8, 4) is 0 Å². The third kappa shape index (κ3) is 4.99. The lowest BCUT2D eigenvalue weighted by atomic mass is 10.1. The van der Waals surface area contributed by atoms with E-state index in [1.54, 1.807) is 12.2 Å². The highest BCUT2D eigenvalue weighted by atomic mass is 16.4. The Hall–Kier alpha value is -1.36. The van der Waals surface area contributed by atoms with E-state index in [1.807, 2.05) is 13.8 Å². The summed E-state index contributed by atoms with van der Waals surface area (Å²) in [6, 6.07) is 0.230. The van der Waals surface area contributed by atoms with Crippen molar-refractivity contribution >= 4 is 11.9 Å². The molecule has 5 heteroatoms. The largest absolute Gasteiger partial charge is 0.481 e. The van der Waals surface area contributed by atoms with Gasteiger partial charge in [-0.3, -0.25) is 9.59 Å². The highest BCUT2D eigenvalue weighted by Gasteiger charge is 2.25. The number of rotatable bonds is 6. The smallest absolute Gasteiger partial charge is 0.310 e. The molecule has 17 heavy (non-hydrogen) atoms. The lowest BCUT2D eigenvalue weighted by molar-refractivity contribution is -0.140. The molecule has 96 valence electrons. The molecule has 0 aromatic heterocycles. The van der Waals surface area contributed by atoms with Crippen molar-refractivity contribution in [1.82, 2.24) is 10.6 Å². The fourth-order valence-corrected chi connectivity index (χ4v) is 1.74. The summed E-state index contributed by atoms with van der Waals surface area (Å²) in [5.74, 6) is -1.34. The molecule has 0 fully saturated rings. The maximum Gasteiger partial charge on any atom is 0.310 e. The van der Waals surface area contributed by atoms with Crippen LogP contribution in [0.2, 0.25) is 0 Å².